The molecular formula is C45H36GeIrN2O-2. The van der Waals surface area contributed by atoms with Gasteiger partial charge in [0.2, 0.25) is 0 Å². The molecule has 0 bridgehead atoms. The minimum absolute atomic E-state index is 0. The first kappa shape index (κ1) is 27.2. The van der Waals surface area contributed by atoms with E-state index in [0.717, 1.165) is 49.8 Å². The van der Waals surface area contributed by atoms with Crippen LogP contribution in [-0.4, -0.2) is 23.2 Å². The number of nitrogens with zero attached hydrogens (tertiary/aromatic N) is 2. The third kappa shape index (κ3) is 6.17. The molecule has 0 aliphatic carbocycles. The van der Waals surface area contributed by atoms with Crippen LogP contribution in [0.25, 0.3) is 76.8 Å². The normalized spacial score (nSPS) is 13.8. The molecule has 3 nitrogen and oxygen atoms in total. The van der Waals surface area contributed by atoms with Gasteiger partial charge in [-0.2, -0.15) is 0 Å². The number of benzene rings is 6. The van der Waals surface area contributed by atoms with E-state index in [1.807, 2.05) is 60.8 Å². The number of furan rings is 1. The van der Waals surface area contributed by atoms with E-state index in [1.165, 1.54) is 21.2 Å². The smallest absolute Gasteiger partial charge is 0 e. The van der Waals surface area contributed by atoms with Gasteiger partial charge in [-0.25, -0.2) is 0 Å². The summed E-state index contributed by atoms with van der Waals surface area (Å²) < 4.78 is 55.0. The van der Waals surface area contributed by atoms with E-state index in [9.17, 15) is 0 Å². The predicted octanol–water partition coefficient (Wildman–Crippen LogP) is 11.6. The van der Waals surface area contributed by atoms with Crippen LogP contribution in [0.5, 0.6) is 0 Å². The van der Waals surface area contributed by atoms with Crippen LogP contribution in [0, 0.1) is 25.8 Å². The zero-order chi connectivity index (χ0) is 38.7. The van der Waals surface area contributed by atoms with Gasteiger partial charge in [-0.15, -0.1) is 18.2 Å². The summed E-state index contributed by atoms with van der Waals surface area (Å²) in [5.41, 5.74) is 3.51. The molecule has 0 spiro atoms. The number of aromatic nitrogens is 2. The second-order valence-electron chi connectivity index (χ2n) is 13.3. The van der Waals surface area contributed by atoms with Crippen molar-refractivity contribution >= 4 is 71.9 Å². The van der Waals surface area contributed by atoms with Crippen LogP contribution in [0.15, 0.2) is 132 Å². The summed E-state index contributed by atoms with van der Waals surface area (Å²) in [6.07, 6.45) is 3.17. The molecule has 0 aliphatic rings. The van der Waals surface area contributed by atoms with Gasteiger partial charge in [0.1, 0.15) is 5.58 Å². The van der Waals surface area contributed by atoms with Crippen LogP contribution in [0.3, 0.4) is 0 Å². The van der Waals surface area contributed by atoms with E-state index >= 15 is 0 Å². The Labute approximate surface area is 317 Å². The topological polar surface area (TPSA) is 38.9 Å². The zero-order valence-corrected chi connectivity index (χ0v) is 32.3. The van der Waals surface area contributed by atoms with Crippen molar-refractivity contribution in [2.45, 2.75) is 31.0 Å². The Kier molecular flexibility index (Phi) is 7.39. The first-order valence-corrected chi connectivity index (χ1v) is 23.6. The third-order valence-corrected chi connectivity index (χ3v) is 13.3. The van der Waals surface area contributed by atoms with Crippen molar-refractivity contribution in [3.8, 4) is 22.5 Å². The number of hydrogen-bond donors (Lipinski definition) is 0. The molecule has 0 atom stereocenters. The minimum Gasteiger partial charge on any atom is 0 e. The van der Waals surface area contributed by atoms with Gasteiger partial charge >= 0.3 is 99.8 Å². The van der Waals surface area contributed by atoms with Crippen molar-refractivity contribution in [1.29, 1.82) is 0 Å². The van der Waals surface area contributed by atoms with Gasteiger partial charge in [0.15, 0.2) is 0 Å². The van der Waals surface area contributed by atoms with E-state index in [-0.39, 0.29) is 31.2 Å². The van der Waals surface area contributed by atoms with Crippen molar-refractivity contribution < 1.29 is 32.7 Å². The molecule has 0 saturated carbocycles. The predicted molar refractivity (Wildman–Crippen MR) is 209 cm³/mol. The molecule has 9 aromatic rings. The van der Waals surface area contributed by atoms with Gasteiger partial charge in [-0.05, 0) is 69.4 Å². The first-order chi connectivity index (χ1) is 26.2. The molecular weight excluding hydrogens is 849 g/mol. The summed E-state index contributed by atoms with van der Waals surface area (Å²) in [5, 5.41) is 8.57. The average Bonchev–Trinajstić information content (AvgIpc) is 3.54. The molecule has 0 amide bonds. The number of aryl methyl sites for hydroxylation is 2. The minimum atomic E-state index is -2.62. The van der Waals surface area contributed by atoms with E-state index in [0.29, 0.717) is 22.4 Å². The van der Waals surface area contributed by atoms with Gasteiger partial charge in [0.05, 0.1) is 5.58 Å². The molecule has 5 heteroatoms. The molecule has 0 fully saturated rings. The summed E-state index contributed by atoms with van der Waals surface area (Å²) in [7, 11) is 0. The standard InChI is InChI=1S/C31H20NO.C14H16GeN.Ir/c1-18-14-29(32-17-19(18)2)25-13-7-12-24-28-15-26-22-10-5-3-8-20(22)21-9-4-6-11-23(21)27(26)16-30(28)33-31(24)25;1-15(2,3)13-9-10-14(16-11-13)12-7-5-4-6-8-12;/h3-12,14-17H,1-2H3;4-7,9-11H,1-3H3;/q2*-1;/i1D3,2D3;;. The Bertz CT molecular complexity index is 2880. The van der Waals surface area contributed by atoms with E-state index in [2.05, 4.69) is 87.9 Å². The Morgan fingerprint density at radius 1 is 0.580 bits per heavy atom. The summed E-state index contributed by atoms with van der Waals surface area (Å²) in [6.45, 7) is -5.22. The van der Waals surface area contributed by atoms with Crippen molar-refractivity contribution in [2.75, 3.05) is 0 Å². The van der Waals surface area contributed by atoms with E-state index in [4.69, 9.17) is 12.6 Å². The molecule has 0 saturated heterocycles. The summed E-state index contributed by atoms with van der Waals surface area (Å²) in [6, 6.07) is 44.5. The number of fused-ring (bicyclic) bond motifs is 9. The van der Waals surface area contributed by atoms with Gasteiger partial charge in [-0.3, -0.25) is 0 Å². The van der Waals surface area contributed by atoms with Crippen molar-refractivity contribution in [3.63, 3.8) is 0 Å². The van der Waals surface area contributed by atoms with Gasteiger partial charge in [0, 0.05) is 39.9 Å². The quantitative estimate of drug-likeness (QED) is 0.101. The van der Waals surface area contributed by atoms with Crippen LogP contribution in [0.2, 0.25) is 17.3 Å². The maximum absolute atomic E-state index is 7.94. The molecule has 247 valence electrons. The number of hydrogen-bond acceptors (Lipinski definition) is 3. The zero-order valence-electron chi connectivity index (χ0n) is 33.8. The van der Waals surface area contributed by atoms with Crippen LogP contribution in [0.1, 0.15) is 19.4 Å². The second-order valence-corrected chi connectivity index (χ2v) is 23.9. The molecule has 50 heavy (non-hydrogen) atoms. The summed E-state index contributed by atoms with van der Waals surface area (Å²) in [5.74, 6) is 7.14. The van der Waals surface area contributed by atoms with Gasteiger partial charge in [0.25, 0.3) is 0 Å². The SMILES string of the molecule is [2H]C([2H])([2H])c1cnc(-c2[c-]ccc3c2oc2cc4c5ccccc5c5ccccc5c4cc23)cc1C([2H])([2H])[2H].[CH3][Ge]([CH3])([CH3])[c]1ccc(-c2[c-]cccc2)nc1.[Ir]. The average molecular weight is 892 g/mol. The Balaban J connectivity index is 0.000000238. The van der Waals surface area contributed by atoms with Crippen LogP contribution < -0.4 is 4.40 Å². The maximum Gasteiger partial charge on any atom is 0 e. The molecule has 9 rings (SSSR count). The van der Waals surface area contributed by atoms with Gasteiger partial charge in [-0.1, -0.05) is 71.1 Å². The summed E-state index contributed by atoms with van der Waals surface area (Å²) in [4.78, 5) is 8.88. The number of rotatable bonds is 3. The van der Waals surface area contributed by atoms with E-state index in [1.54, 1.807) is 6.07 Å². The fourth-order valence-electron chi connectivity index (χ4n) is 6.47. The third-order valence-electron chi connectivity index (χ3n) is 9.07. The Hall–Kier alpha value is -4.61. The van der Waals surface area contributed by atoms with Crippen molar-refractivity contribution in [3.05, 3.63) is 151 Å². The van der Waals surface area contributed by atoms with Crippen molar-refractivity contribution in [2.24, 2.45) is 0 Å². The Morgan fingerprint density at radius 3 is 1.86 bits per heavy atom. The monoisotopic (exact) mass is 893 g/mol. The van der Waals surface area contributed by atoms with Crippen LogP contribution in [0.4, 0.5) is 0 Å². The van der Waals surface area contributed by atoms with E-state index < -0.39 is 27.0 Å². The first-order valence-electron chi connectivity index (χ1n) is 19.2. The number of pyridine rings is 2. The van der Waals surface area contributed by atoms with Crippen molar-refractivity contribution in [1.82, 2.24) is 9.97 Å². The molecule has 0 unspecified atom stereocenters. The summed E-state index contributed by atoms with van der Waals surface area (Å²) >= 11 is -1.72. The van der Waals surface area contributed by atoms with Crippen LogP contribution in [-0.2, 0) is 20.1 Å². The molecule has 0 aliphatic heterocycles. The molecule has 3 heterocycles. The second kappa shape index (κ2) is 13.6. The Morgan fingerprint density at radius 2 is 1.24 bits per heavy atom. The molecule has 3 aromatic heterocycles. The maximum atomic E-state index is 7.94. The molecule has 1 radical (unpaired) electrons. The fraction of sp³-hybridized carbons (Fsp3) is 0.111. The van der Waals surface area contributed by atoms with Gasteiger partial charge < -0.3 is 9.40 Å². The fourth-order valence-corrected chi connectivity index (χ4v) is 8.64. The molecule has 0 N–H and O–H groups in total. The largest absolute Gasteiger partial charge is 0 e. The van der Waals surface area contributed by atoms with Crippen LogP contribution >= 0.6 is 0 Å². The molecule has 6 aromatic carbocycles.